The second-order valence-corrected chi connectivity index (χ2v) is 3.21. The predicted octanol–water partition coefficient (Wildman–Crippen LogP) is 2.35. The number of benzene rings is 1. The van der Waals surface area contributed by atoms with E-state index in [2.05, 4.69) is 0 Å². The summed E-state index contributed by atoms with van der Waals surface area (Å²) in [6, 6.07) is 1.97. The van der Waals surface area contributed by atoms with Crippen LogP contribution in [0.5, 0.6) is 5.75 Å². The number of carbonyl (C=O) groups is 1. The number of rotatable bonds is 4. The normalized spacial score (nSPS) is 9.88. The predicted molar refractivity (Wildman–Crippen MR) is 56.2 cm³/mol. The van der Waals surface area contributed by atoms with Gasteiger partial charge < -0.3 is 9.84 Å². The van der Waals surface area contributed by atoms with Crippen molar-refractivity contribution >= 4 is 23.3 Å². The fourth-order valence-corrected chi connectivity index (χ4v) is 1.40. The summed E-state index contributed by atoms with van der Waals surface area (Å²) in [6.07, 6.45) is 0. The van der Waals surface area contributed by atoms with Gasteiger partial charge in [0.05, 0.1) is 16.6 Å². The summed E-state index contributed by atoms with van der Waals surface area (Å²) in [5.41, 5.74) is -0.702. The molecule has 16 heavy (non-hydrogen) atoms. The molecule has 0 amide bonds. The van der Waals surface area contributed by atoms with Gasteiger partial charge in [-0.2, -0.15) is 0 Å². The van der Waals surface area contributed by atoms with E-state index in [1.165, 1.54) is 0 Å². The number of carboxylic acid groups (broad SMARTS) is 1. The fourth-order valence-electron chi connectivity index (χ4n) is 1.13. The summed E-state index contributed by atoms with van der Waals surface area (Å²) >= 11 is 5.71. The Morgan fingerprint density at radius 3 is 2.69 bits per heavy atom. The van der Waals surface area contributed by atoms with Gasteiger partial charge in [0.25, 0.3) is 5.69 Å². The number of nitro benzene ring substituents is 1. The van der Waals surface area contributed by atoms with Crippen LogP contribution >= 0.6 is 11.6 Å². The maximum Gasteiger partial charge on any atom is 0.339 e. The van der Waals surface area contributed by atoms with Crippen LogP contribution in [0.15, 0.2) is 12.1 Å². The molecule has 0 radical (unpaired) electrons. The molecule has 86 valence electrons. The maximum atomic E-state index is 10.9. The van der Waals surface area contributed by atoms with E-state index in [1.807, 2.05) is 0 Å². The summed E-state index contributed by atoms with van der Waals surface area (Å²) in [7, 11) is 0. The molecule has 1 aromatic carbocycles. The zero-order valence-electron chi connectivity index (χ0n) is 8.27. The highest BCUT2D eigenvalue weighted by molar-refractivity contribution is 6.32. The van der Waals surface area contributed by atoms with Crippen LogP contribution in [0.1, 0.15) is 17.3 Å². The van der Waals surface area contributed by atoms with Crippen LogP contribution in [0.3, 0.4) is 0 Å². The molecular formula is C9H8ClNO5. The van der Waals surface area contributed by atoms with Crippen molar-refractivity contribution in [3.05, 3.63) is 32.8 Å². The molecule has 0 saturated carbocycles. The summed E-state index contributed by atoms with van der Waals surface area (Å²) in [5, 5.41) is 19.3. The van der Waals surface area contributed by atoms with Crippen LogP contribution in [-0.2, 0) is 0 Å². The SMILES string of the molecule is CCOc1c(Cl)cc([N+](=O)[O-])cc1C(=O)O. The van der Waals surface area contributed by atoms with Gasteiger partial charge in [-0.05, 0) is 6.92 Å². The Hall–Kier alpha value is -1.82. The lowest BCUT2D eigenvalue weighted by molar-refractivity contribution is -0.384. The van der Waals surface area contributed by atoms with Crippen LogP contribution < -0.4 is 4.74 Å². The monoisotopic (exact) mass is 245 g/mol. The van der Waals surface area contributed by atoms with E-state index in [0.29, 0.717) is 0 Å². The summed E-state index contributed by atoms with van der Waals surface area (Å²) in [4.78, 5) is 20.7. The van der Waals surface area contributed by atoms with Crippen molar-refractivity contribution in [2.75, 3.05) is 6.61 Å². The van der Waals surface area contributed by atoms with Crippen molar-refractivity contribution in [3.8, 4) is 5.75 Å². The largest absolute Gasteiger partial charge is 0.491 e. The molecule has 0 unspecified atom stereocenters. The molecule has 7 heteroatoms. The molecule has 1 rings (SSSR count). The molecule has 6 nitrogen and oxygen atoms in total. The molecule has 1 aromatic rings. The van der Waals surface area contributed by atoms with Gasteiger partial charge in [-0.1, -0.05) is 11.6 Å². The molecule has 0 aliphatic heterocycles. The third kappa shape index (κ3) is 2.40. The van der Waals surface area contributed by atoms with Gasteiger partial charge in [0.1, 0.15) is 5.56 Å². The Morgan fingerprint density at radius 1 is 1.62 bits per heavy atom. The molecule has 0 heterocycles. The van der Waals surface area contributed by atoms with Crippen molar-refractivity contribution in [3.63, 3.8) is 0 Å². The van der Waals surface area contributed by atoms with Gasteiger partial charge >= 0.3 is 5.97 Å². The van der Waals surface area contributed by atoms with Crippen molar-refractivity contribution in [1.82, 2.24) is 0 Å². The number of ether oxygens (including phenoxy) is 1. The Kier molecular flexibility index (Phi) is 3.68. The number of carboxylic acids is 1. The third-order valence-electron chi connectivity index (χ3n) is 1.76. The first-order valence-electron chi connectivity index (χ1n) is 4.31. The molecule has 0 bridgehead atoms. The molecular weight excluding hydrogens is 238 g/mol. The van der Waals surface area contributed by atoms with Gasteiger partial charge in [0, 0.05) is 12.1 Å². The average molecular weight is 246 g/mol. The van der Waals surface area contributed by atoms with Gasteiger partial charge in [-0.25, -0.2) is 4.79 Å². The lowest BCUT2D eigenvalue weighted by Gasteiger charge is -2.08. The minimum absolute atomic E-state index is 0.0535. The highest BCUT2D eigenvalue weighted by atomic mass is 35.5. The Morgan fingerprint density at radius 2 is 2.25 bits per heavy atom. The standard InChI is InChI=1S/C9H8ClNO5/c1-2-16-8-6(9(12)13)3-5(11(14)15)4-7(8)10/h3-4H,2H2,1H3,(H,12,13). The lowest BCUT2D eigenvalue weighted by Crippen LogP contribution is -2.04. The number of hydrogen-bond donors (Lipinski definition) is 1. The third-order valence-corrected chi connectivity index (χ3v) is 2.04. The Bertz CT molecular complexity index is 446. The summed E-state index contributed by atoms with van der Waals surface area (Å²) < 4.78 is 5.03. The van der Waals surface area contributed by atoms with Crippen LogP contribution in [-0.4, -0.2) is 22.6 Å². The van der Waals surface area contributed by atoms with E-state index in [1.54, 1.807) is 6.92 Å². The zero-order chi connectivity index (χ0) is 12.3. The molecule has 0 aliphatic rings. The van der Waals surface area contributed by atoms with E-state index in [0.717, 1.165) is 12.1 Å². The first kappa shape index (κ1) is 12.3. The van der Waals surface area contributed by atoms with Gasteiger partial charge in [0.2, 0.25) is 0 Å². The number of non-ortho nitro benzene ring substituents is 1. The molecule has 1 N–H and O–H groups in total. The van der Waals surface area contributed by atoms with Crippen molar-refractivity contribution in [2.24, 2.45) is 0 Å². The average Bonchev–Trinajstić information content (AvgIpc) is 2.20. The van der Waals surface area contributed by atoms with E-state index in [9.17, 15) is 14.9 Å². The topological polar surface area (TPSA) is 89.7 Å². The van der Waals surface area contributed by atoms with Crippen LogP contribution in [0.25, 0.3) is 0 Å². The van der Waals surface area contributed by atoms with Gasteiger partial charge in [0.15, 0.2) is 5.75 Å². The second-order valence-electron chi connectivity index (χ2n) is 2.80. The molecule has 0 saturated heterocycles. The van der Waals surface area contributed by atoms with Crippen LogP contribution in [0.2, 0.25) is 5.02 Å². The van der Waals surface area contributed by atoms with E-state index < -0.39 is 10.9 Å². The Labute approximate surface area is 95.6 Å². The van der Waals surface area contributed by atoms with E-state index in [-0.39, 0.29) is 28.6 Å². The quantitative estimate of drug-likeness (QED) is 0.649. The highest BCUT2D eigenvalue weighted by Gasteiger charge is 2.20. The zero-order valence-corrected chi connectivity index (χ0v) is 9.02. The first-order chi connectivity index (χ1) is 7.47. The van der Waals surface area contributed by atoms with Crippen molar-refractivity contribution < 1.29 is 19.6 Å². The van der Waals surface area contributed by atoms with E-state index >= 15 is 0 Å². The molecule has 0 spiro atoms. The molecule has 0 fully saturated rings. The first-order valence-corrected chi connectivity index (χ1v) is 4.69. The number of nitrogens with zero attached hydrogens (tertiary/aromatic N) is 1. The number of hydrogen-bond acceptors (Lipinski definition) is 4. The molecule has 0 atom stereocenters. The second kappa shape index (κ2) is 4.80. The fraction of sp³-hybridized carbons (Fsp3) is 0.222. The number of nitro groups is 1. The molecule has 0 aromatic heterocycles. The van der Waals surface area contributed by atoms with Crippen LogP contribution in [0.4, 0.5) is 5.69 Å². The lowest BCUT2D eigenvalue weighted by atomic mass is 10.2. The summed E-state index contributed by atoms with van der Waals surface area (Å²) in [5.74, 6) is -1.38. The number of aromatic carboxylic acids is 1. The smallest absolute Gasteiger partial charge is 0.339 e. The highest BCUT2D eigenvalue weighted by Crippen LogP contribution is 2.33. The van der Waals surface area contributed by atoms with E-state index in [4.69, 9.17) is 21.4 Å². The number of halogens is 1. The maximum absolute atomic E-state index is 10.9. The van der Waals surface area contributed by atoms with Crippen LogP contribution in [0, 0.1) is 10.1 Å². The van der Waals surface area contributed by atoms with Crippen molar-refractivity contribution in [1.29, 1.82) is 0 Å². The molecule has 0 aliphatic carbocycles. The minimum atomic E-state index is -1.32. The Balaban J connectivity index is 3.39. The van der Waals surface area contributed by atoms with Crippen molar-refractivity contribution in [2.45, 2.75) is 6.92 Å². The summed E-state index contributed by atoms with van der Waals surface area (Å²) in [6.45, 7) is 1.88. The minimum Gasteiger partial charge on any atom is -0.491 e. The van der Waals surface area contributed by atoms with Gasteiger partial charge in [-0.15, -0.1) is 0 Å². The van der Waals surface area contributed by atoms with Gasteiger partial charge in [-0.3, -0.25) is 10.1 Å².